The molecule has 0 bridgehead atoms. The lowest BCUT2D eigenvalue weighted by molar-refractivity contribution is -0.167. The van der Waals surface area contributed by atoms with Crippen molar-refractivity contribution in [1.29, 1.82) is 0 Å². The summed E-state index contributed by atoms with van der Waals surface area (Å²) in [5.41, 5.74) is 0. The van der Waals surface area contributed by atoms with E-state index in [0.717, 1.165) is 69.6 Å². The Kier molecular flexibility index (Phi) is 59.3. The van der Waals surface area contributed by atoms with E-state index in [2.05, 4.69) is 34.6 Å². The van der Waals surface area contributed by atoms with Crippen LogP contribution in [0.3, 0.4) is 0 Å². The highest BCUT2D eigenvalue weighted by Crippen LogP contribution is 2.20. The van der Waals surface area contributed by atoms with Gasteiger partial charge in [-0.1, -0.05) is 349 Å². The number of carbonyl (C=O) groups excluding carboxylic acids is 3. The van der Waals surface area contributed by atoms with Gasteiger partial charge in [0, 0.05) is 19.3 Å². The van der Waals surface area contributed by atoms with Gasteiger partial charge < -0.3 is 14.2 Å². The Morgan fingerprint density at radius 1 is 0.284 bits per heavy atom. The van der Waals surface area contributed by atoms with Gasteiger partial charge in [0.1, 0.15) is 13.2 Å². The molecule has 0 heterocycles. The van der Waals surface area contributed by atoms with Crippen molar-refractivity contribution in [3.05, 3.63) is 0 Å². The second-order valence-electron chi connectivity index (χ2n) is 24.2. The second-order valence-corrected chi connectivity index (χ2v) is 24.2. The third-order valence-corrected chi connectivity index (χ3v) is 16.1. The molecule has 1 unspecified atom stereocenters. The molecule has 0 aromatic rings. The van der Waals surface area contributed by atoms with E-state index in [1.165, 1.54) is 276 Å². The summed E-state index contributed by atoms with van der Waals surface area (Å²) in [4.78, 5) is 38.4. The first-order chi connectivity index (χ1) is 36.3. The normalized spacial score (nSPS) is 12.4. The minimum absolute atomic E-state index is 0.0614. The number of hydrogen-bond acceptors (Lipinski definition) is 6. The van der Waals surface area contributed by atoms with Crippen LogP contribution in [-0.4, -0.2) is 37.2 Å². The third-order valence-electron chi connectivity index (χ3n) is 16.1. The largest absolute Gasteiger partial charge is 0.462 e. The van der Waals surface area contributed by atoms with Gasteiger partial charge in [0.05, 0.1) is 0 Å². The van der Waals surface area contributed by atoms with Crippen LogP contribution in [0.1, 0.15) is 388 Å². The molecule has 0 amide bonds. The summed E-state index contributed by atoms with van der Waals surface area (Å²) in [6, 6.07) is 0. The fourth-order valence-electron chi connectivity index (χ4n) is 10.6. The molecule has 0 fully saturated rings. The van der Waals surface area contributed by atoms with E-state index in [1.807, 2.05) is 0 Å². The number of esters is 3. The maximum absolute atomic E-state index is 12.9. The van der Waals surface area contributed by atoms with Crippen molar-refractivity contribution in [3.63, 3.8) is 0 Å². The molecule has 6 nitrogen and oxygen atoms in total. The average Bonchev–Trinajstić information content (AvgIpc) is 3.39. The van der Waals surface area contributed by atoms with Gasteiger partial charge >= 0.3 is 17.9 Å². The first-order valence-corrected chi connectivity index (χ1v) is 33.8. The zero-order valence-electron chi connectivity index (χ0n) is 51.0. The molecule has 0 aliphatic carbocycles. The van der Waals surface area contributed by atoms with Gasteiger partial charge in [-0.25, -0.2) is 0 Å². The van der Waals surface area contributed by atoms with E-state index in [4.69, 9.17) is 14.2 Å². The highest BCUT2D eigenvalue weighted by Gasteiger charge is 2.20. The Balaban J connectivity index is 4.29. The van der Waals surface area contributed by atoms with Crippen LogP contribution in [0, 0.1) is 11.8 Å². The second kappa shape index (κ2) is 60.6. The van der Waals surface area contributed by atoms with Gasteiger partial charge in [-0.15, -0.1) is 0 Å². The molecule has 0 aromatic heterocycles. The topological polar surface area (TPSA) is 78.9 Å². The molecular weight excluding hydrogens is 913 g/mol. The monoisotopic (exact) mass is 1050 g/mol. The third kappa shape index (κ3) is 59.7. The van der Waals surface area contributed by atoms with Crippen molar-refractivity contribution < 1.29 is 28.6 Å². The Morgan fingerprint density at radius 3 is 0.770 bits per heavy atom. The van der Waals surface area contributed by atoms with Crippen molar-refractivity contribution in [3.8, 4) is 0 Å². The van der Waals surface area contributed by atoms with Crippen molar-refractivity contribution in [2.75, 3.05) is 13.2 Å². The molecular formula is C68H132O6. The van der Waals surface area contributed by atoms with Gasteiger partial charge in [-0.2, -0.15) is 0 Å². The summed E-state index contributed by atoms with van der Waals surface area (Å²) in [7, 11) is 0. The quantitative estimate of drug-likeness (QED) is 0.0343. The summed E-state index contributed by atoms with van der Waals surface area (Å²) in [5.74, 6) is 0.920. The van der Waals surface area contributed by atoms with Gasteiger partial charge in [0.25, 0.3) is 0 Å². The Labute approximate surface area is 463 Å². The molecule has 74 heavy (non-hydrogen) atoms. The molecule has 0 N–H and O–H groups in total. The molecule has 0 saturated carbocycles. The van der Waals surface area contributed by atoms with Crippen LogP contribution in [0.2, 0.25) is 0 Å². The summed E-state index contributed by atoms with van der Waals surface area (Å²) >= 11 is 0. The minimum atomic E-state index is -0.764. The van der Waals surface area contributed by atoms with Crippen LogP contribution in [-0.2, 0) is 28.6 Å². The Hall–Kier alpha value is -1.59. The van der Waals surface area contributed by atoms with Crippen molar-refractivity contribution >= 4 is 17.9 Å². The number of carbonyl (C=O) groups is 3. The molecule has 0 rings (SSSR count). The van der Waals surface area contributed by atoms with Crippen LogP contribution < -0.4 is 0 Å². The molecule has 2 atom stereocenters. The van der Waals surface area contributed by atoms with Crippen molar-refractivity contribution in [2.24, 2.45) is 11.8 Å². The van der Waals surface area contributed by atoms with E-state index in [9.17, 15) is 14.4 Å². The average molecular weight is 1050 g/mol. The summed E-state index contributed by atoms with van der Waals surface area (Å²) < 4.78 is 17.0. The predicted octanol–water partition coefficient (Wildman–Crippen LogP) is 22.8. The summed E-state index contributed by atoms with van der Waals surface area (Å²) in [5, 5.41) is 0. The molecule has 0 radical (unpaired) electrons. The van der Waals surface area contributed by atoms with Crippen molar-refractivity contribution in [1.82, 2.24) is 0 Å². The number of unbranched alkanes of at least 4 members (excludes halogenated alkanes) is 46. The standard InChI is InChI=1S/C68H132O6/c1-6-8-9-10-11-12-13-14-15-16-17-18-22-28-33-38-43-48-53-58-66(69)72-61-65(62-73-67(70)59-54-49-44-39-34-29-25-24-27-32-37-42-47-52-57-64(5)7-2)74-68(71)60-55-50-45-40-35-30-23-20-19-21-26-31-36-41-46-51-56-63(3)4/h63-65H,6-62H2,1-5H3/t64?,65-/m1/s1. The lowest BCUT2D eigenvalue weighted by Gasteiger charge is -2.18. The number of ether oxygens (including phenoxy) is 3. The van der Waals surface area contributed by atoms with Gasteiger partial charge in [-0.05, 0) is 31.1 Å². The Morgan fingerprint density at radius 2 is 0.514 bits per heavy atom. The molecule has 440 valence electrons. The van der Waals surface area contributed by atoms with E-state index in [0.29, 0.717) is 19.3 Å². The smallest absolute Gasteiger partial charge is 0.306 e. The fraction of sp³-hybridized carbons (Fsp3) is 0.956. The molecule has 6 heteroatoms. The molecule has 0 aliphatic heterocycles. The zero-order chi connectivity index (χ0) is 53.9. The van der Waals surface area contributed by atoms with Crippen LogP contribution in [0.5, 0.6) is 0 Å². The molecule has 0 aliphatic rings. The predicted molar refractivity (Wildman–Crippen MR) is 321 cm³/mol. The molecule has 0 aromatic carbocycles. The van der Waals surface area contributed by atoms with E-state index >= 15 is 0 Å². The van der Waals surface area contributed by atoms with Crippen LogP contribution in [0.4, 0.5) is 0 Å². The maximum Gasteiger partial charge on any atom is 0.306 e. The lowest BCUT2D eigenvalue weighted by atomic mass is 9.99. The van der Waals surface area contributed by atoms with Crippen LogP contribution in [0.25, 0.3) is 0 Å². The van der Waals surface area contributed by atoms with E-state index in [-0.39, 0.29) is 31.1 Å². The van der Waals surface area contributed by atoms with Crippen LogP contribution >= 0.6 is 0 Å². The SMILES string of the molecule is CCCCCCCCCCCCCCCCCCCCCC(=O)OC[C@H](COC(=O)CCCCCCCCCCCCCCCCC(C)CC)OC(=O)CCCCCCCCCCCCCCCCCCC(C)C. The number of hydrogen-bond donors (Lipinski definition) is 0. The van der Waals surface area contributed by atoms with Gasteiger partial charge in [0.15, 0.2) is 6.10 Å². The molecule has 0 spiro atoms. The zero-order valence-corrected chi connectivity index (χ0v) is 51.0. The highest BCUT2D eigenvalue weighted by molar-refractivity contribution is 5.71. The highest BCUT2D eigenvalue weighted by atomic mass is 16.6. The van der Waals surface area contributed by atoms with Gasteiger partial charge in [-0.3, -0.25) is 14.4 Å². The lowest BCUT2D eigenvalue weighted by Crippen LogP contribution is -2.30. The first-order valence-electron chi connectivity index (χ1n) is 33.8. The summed E-state index contributed by atoms with van der Waals surface area (Å²) in [6.45, 7) is 11.5. The van der Waals surface area contributed by atoms with Gasteiger partial charge in [0.2, 0.25) is 0 Å². The minimum Gasteiger partial charge on any atom is -0.462 e. The van der Waals surface area contributed by atoms with Crippen LogP contribution in [0.15, 0.2) is 0 Å². The van der Waals surface area contributed by atoms with E-state index < -0.39 is 6.10 Å². The fourth-order valence-corrected chi connectivity index (χ4v) is 10.6. The summed E-state index contributed by atoms with van der Waals surface area (Å²) in [6.07, 6.45) is 68.2. The molecule has 0 saturated heterocycles. The number of rotatable bonds is 62. The van der Waals surface area contributed by atoms with E-state index in [1.54, 1.807) is 0 Å². The Bertz CT molecular complexity index is 1140. The first kappa shape index (κ1) is 72.4. The maximum atomic E-state index is 12.9. The van der Waals surface area contributed by atoms with Crippen molar-refractivity contribution in [2.45, 2.75) is 394 Å².